The number of ether oxygens (including phenoxy) is 1. The predicted molar refractivity (Wildman–Crippen MR) is 81.7 cm³/mol. The Kier molecular flexibility index (Phi) is 5.36. The molecule has 0 saturated carbocycles. The zero-order chi connectivity index (χ0) is 14.2. The van der Waals surface area contributed by atoms with Crippen molar-refractivity contribution < 1.29 is 9.53 Å². The van der Waals surface area contributed by atoms with E-state index in [0.717, 1.165) is 30.4 Å². The van der Waals surface area contributed by atoms with Gasteiger partial charge in [-0.2, -0.15) is 0 Å². The van der Waals surface area contributed by atoms with E-state index in [1.165, 1.54) is 0 Å². The fraction of sp³-hybridized carbons (Fsp3) is 0.278. The summed E-state index contributed by atoms with van der Waals surface area (Å²) in [5.74, 6) is 0.488. The van der Waals surface area contributed by atoms with Crippen molar-refractivity contribution in [3.63, 3.8) is 0 Å². The minimum absolute atomic E-state index is 0.151. The van der Waals surface area contributed by atoms with Crippen molar-refractivity contribution in [2.75, 3.05) is 0 Å². The lowest BCUT2D eigenvalue weighted by molar-refractivity contribution is -0.134. The van der Waals surface area contributed by atoms with Crippen LogP contribution in [0.3, 0.4) is 0 Å². The van der Waals surface area contributed by atoms with Crippen molar-refractivity contribution in [1.82, 2.24) is 0 Å². The van der Waals surface area contributed by atoms with Crippen molar-refractivity contribution in [2.45, 2.75) is 32.6 Å². The zero-order valence-electron chi connectivity index (χ0n) is 11.8. The van der Waals surface area contributed by atoms with Gasteiger partial charge in [0.15, 0.2) is 0 Å². The Hall–Kier alpha value is -2.09. The van der Waals surface area contributed by atoms with Gasteiger partial charge in [0.2, 0.25) is 0 Å². The number of hydrogen-bond acceptors (Lipinski definition) is 2. The lowest BCUT2D eigenvalue weighted by Gasteiger charge is -2.10. The van der Waals surface area contributed by atoms with Crippen molar-refractivity contribution >= 4 is 5.97 Å². The van der Waals surface area contributed by atoms with Gasteiger partial charge in [-0.15, -0.1) is 0 Å². The molecule has 0 N–H and O–H groups in total. The first-order valence-corrected chi connectivity index (χ1v) is 7.16. The molecule has 0 aliphatic rings. The number of hydrogen-bond donors (Lipinski definition) is 0. The van der Waals surface area contributed by atoms with Gasteiger partial charge in [0.1, 0.15) is 5.75 Å². The molecule has 2 rings (SSSR count). The van der Waals surface area contributed by atoms with Gasteiger partial charge in [0.05, 0.1) is 0 Å². The third kappa shape index (κ3) is 3.95. The fourth-order valence-electron chi connectivity index (χ4n) is 2.10. The molecular formula is C18H20O2. The summed E-state index contributed by atoms with van der Waals surface area (Å²) in [7, 11) is 0. The van der Waals surface area contributed by atoms with Gasteiger partial charge in [-0.3, -0.25) is 4.79 Å². The summed E-state index contributed by atoms with van der Waals surface area (Å²) in [4.78, 5) is 11.8. The monoisotopic (exact) mass is 268 g/mol. The van der Waals surface area contributed by atoms with Crippen molar-refractivity contribution in [2.24, 2.45) is 0 Å². The molecule has 0 aliphatic heterocycles. The van der Waals surface area contributed by atoms with E-state index < -0.39 is 0 Å². The topological polar surface area (TPSA) is 26.3 Å². The minimum Gasteiger partial charge on any atom is -0.426 e. The maximum Gasteiger partial charge on any atom is 0.311 e. The van der Waals surface area contributed by atoms with Gasteiger partial charge >= 0.3 is 5.97 Å². The molecule has 20 heavy (non-hydrogen) atoms. The number of carbonyl (C=O) groups excluding carboxylic acids is 1. The third-order valence-electron chi connectivity index (χ3n) is 3.18. The quantitative estimate of drug-likeness (QED) is 0.426. The van der Waals surface area contributed by atoms with Crippen LogP contribution >= 0.6 is 0 Å². The lowest BCUT2D eigenvalue weighted by atomic mass is 10.0. The number of carbonyl (C=O) groups is 1. The molecule has 2 aromatic rings. The molecule has 0 atom stereocenters. The first-order valence-electron chi connectivity index (χ1n) is 7.16. The van der Waals surface area contributed by atoms with E-state index >= 15 is 0 Å². The van der Waals surface area contributed by atoms with E-state index in [0.29, 0.717) is 12.2 Å². The van der Waals surface area contributed by atoms with Crippen LogP contribution in [0.25, 0.3) is 11.1 Å². The summed E-state index contributed by atoms with van der Waals surface area (Å²) in [6.45, 7) is 2.12. The predicted octanol–water partition coefficient (Wildman–Crippen LogP) is 4.84. The Labute approximate surface area is 120 Å². The van der Waals surface area contributed by atoms with Crippen molar-refractivity contribution in [1.29, 1.82) is 0 Å². The fourth-order valence-corrected chi connectivity index (χ4v) is 2.10. The van der Waals surface area contributed by atoms with Gasteiger partial charge in [0, 0.05) is 12.0 Å². The molecule has 0 aromatic heterocycles. The molecule has 0 unspecified atom stereocenters. The smallest absolute Gasteiger partial charge is 0.311 e. The van der Waals surface area contributed by atoms with Crippen LogP contribution in [0.15, 0.2) is 54.6 Å². The highest BCUT2D eigenvalue weighted by molar-refractivity contribution is 5.77. The average molecular weight is 268 g/mol. The second kappa shape index (κ2) is 7.49. The number of unbranched alkanes of at least 4 members (excludes halogenated alkanes) is 2. The molecule has 0 aliphatic carbocycles. The van der Waals surface area contributed by atoms with Crippen LogP contribution in [-0.2, 0) is 4.79 Å². The Morgan fingerprint density at radius 2 is 1.65 bits per heavy atom. The van der Waals surface area contributed by atoms with Crippen LogP contribution in [0.4, 0.5) is 0 Å². The summed E-state index contributed by atoms with van der Waals surface area (Å²) in [6, 6.07) is 17.6. The summed E-state index contributed by atoms with van der Waals surface area (Å²) in [5, 5.41) is 0. The largest absolute Gasteiger partial charge is 0.426 e. The first kappa shape index (κ1) is 14.3. The Morgan fingerprint density at radius 1 is 0.950 bits per heavy atom. The van der Waals surface area contributed by atoms with Crippen molar-refractivity contribution in [3.05, 3.63) is 54.6 Å². The molecule has 104 valence electrons. The van der Waals surface area contributed by atoms with Gasteiger partial charge in [-0.05, 0) is 18.1 Å². The standard InChI is InChI=1S/C18H20O2/c1-2-3-5-14-18(19)20-17-13-9-8-12-16(17)15-10-6-4-7-11-15/h4,6-13H,2-3,5,14H2,1H3. The van der Waals surface area contributed by atoms with E-state index in [1.807, 2.05) is 54.6 Å². The number of para-hydroxylation sites is 1. The van der Waals surface area contributed by atoms with E-state index in [-0.39, 0.29) is 5.97 Å². The summed E-state index contributed by atoms with van der Waals surface area (Å²) >= 11 is 0. The minimum atomic E-state index is -0.151. The van der Waals surface area contributed by atoms with Gasteiger partial charge in [-0.25, -0.2) is 0 Å². The van der Waals surface area contributed by atoms with Crippen LogP contribution in [0.2, 0.25) is 0 Å². The van der Waals surface area contributed by atoms with E-state index in [9.17, 15) is 4.79 Å². The molecule has 0 amide bonds. The SMILES string of the molecule is CCCCCC(=O)Oc1ccccc1-c1ccccc1. The maximum absolute atomic E-state index is 11.8. The molecule has 0 bridgehead atoms. The summed E-state index contributed by atoms with van der Waals surface area (Å²) in [5.41, 5.74) is 2.02. The highest BCUT2D eigenvalue weighted by atomic mass is 16.5. The molecule has 0 fully saturated rings. The van der Waals surface area contributed by atoms with E-state index in [4.69, 9.17) is 4.74 Å². The molecule has 0 saturated heterocycles. The third-order valence-corrected chi connectivity index (χ3v) is 3.18. The number of esters is 1. The lowest BCUT2D eigenvalue weighted by Crippen LogP contribution is -2.08. The summed E-state index contributed by atoms with van der Waals surface area (Å²) in [6.07, 6.45) is 3.54. The second-order valence-corrected chi connectivity index (χ2v) is 4.79. The molecule has 2 heteroatoms. The van der Waals surface area contributed by atoms with Crippen LogP contribution in [0.1, 0.15) is 32.6 Å². The molecule has 2 aromatic carbocycles. The van der Waals surface area contributed by atoms with Crippen LogP contribution in [-0.4, -0.2) is 5.97 Å². The Morgan fingerprint density at radius 3 is 2.40 bits per heavy atom. The van der Waals surface area contributed by atoms with E-state index in [1.54, 1.807) is 0 Å². The summed E-state index contributed by atoms with van der Waals surface area (Å²) < 4.78 is 5.51. The molecule has 0 radical (unpaired) electrons. The van der Waals surface area contributed by atoms with Gasteiger partial charge in [0.25, 0.3) is 0 Å². The highest BCUT2D eigenvalue weighted by Gasteiger charge is 2.09. The second-order valence-electron chi connectivity index (χ2n) is 4.79. The van der Waals surface area contributed by atoms with Crippen LogP contribution < -0.4 is 4.74 Å². The van der Waals surface area contributed by atoms with E-state index in [2.05, 4.69) is 6.92 Å². The Bertz CT molecular complexity index is 546. The van der Waals surface area contributed by atoms with Crippen LogP contribution in [0.5, 0.6) is 5.75 Å². The number of benzene rings is 2. The molecule has 2 nitrogen and oxygen atoms in total. The Balaban J connectivity index is 2.11. The molecular weight excluding hydrogens is 248 g/mol. The van der Waals surface area contributed by atoms with Crippen molar-refractivity contribution in [3.8, 4) is 16.9 Å². The average Bonchev–Trinajstić information content (AvgIpc) is 2.49. The zero-order valence-corrected chi connectivity index (χ0v) is 11.8. The highest BCUT2D eigenvalue weighted by Crippen LogP contribution is 2.29. The first-order chi connectivity index (χ1) is 9.81. The molecule has 0 spiro atoms. The molecule has 0 heterocycles. The normalized spacial score (nSPS) is 10.2. The van der Waals surface area contributed by atoms with Gasteiger partial charge < -0.3 is 4.74 Å². The van der Waals surface area contributed by atoms with Crippen LogP contribution in [0, 0.1) is 0 Å². The number of rotatable bonds is 6. The van der Waals surface area contributed by atoms with Gasteiger partial charge in [-0.1, -0.05) is 68.3 Å². The maximum atomic E-state index is 11.8.